The lowest BCUT2D eigenvalue weighted by Crippen LogP contribution is -2.14. The SMILES string of the molecule is COc1ccc(N)c(NC(=O)CC2=CCCCC2)c1. The van der Waals surface area contributed by atoms with Gasteiger partial charge in [-0.2, -0.15) is 0 Å². The minimum atomic E-state index is -0.0203. The molecule has 4 heteroatoms. The van der Waals surface area contributed by atoms with Crippen LogP contribution in [0.5, 0.6) is 5.75 Å². The highest BCUT2D eigenvalue weighted by atomic mass is 16.5. The van der Waals surface area contributed by atoms with Crippen LogP contribution in [0.25, 0.3) is 0 Å². The van der Waals surface area contributed by atoms with Gasteiger partial charge in [-0.05, 0) is 37.8 Å². The molecule has 1 aliphatic carbocycles. The van der Waals surface area contributed by atoms with E-state index in [4.69, 9.17) is 10.5 Å². The third kappa shape index (κ3) is 3.74. The highest BCUT2D eigenvalue weighted by Crippen LogP contribution is 2.25. The Morgan fingerprint density at radius 3 is 2.95 bits per heavy atom. The molecular weight excluding hydrogens is 240 g/mol. The van der Waals surface area contributed by atoms with Crippen LogP contribution in [0, 0.1) is 0 Å². The van der Waals surface area contributed by atoms with Crippen LogP contribution in [0.3, 0.4) is 0 Å². The average molecular weight is 260 g/mol. The summed E-state index contributed by atoms with van der Waals surface area (Å²) < 4.78 is 5.12. The summed E-state index contributed by atoms with van der Waals surface area (Å²) in [6.45, 7) is 0. The van der Waals surface area contributed by atoms with E-state index in [1.165, 1.54) is 18.4 Å². The zero-order valence-corrected chi connectivity index (χ0v) is 11.2. The fourth-order valence-electron chi connectivity index (χ4n) is 2.24. The predicted octanol–water partition coefficient (Wildman–Crippen LogP) is 3.11. The van der Waals surface area contributed by atoms with Crippen molar-refractivity contribution in [3.63, 3.8) is 0 Å². The summed E-state index contributed by atoms with van der Waals surface area (Å²) in [5.41, 5.74) is 8.23. The number of allylic oxidation sites excluding steroid dienone is 1. The molecular formula is C15H20N2O2. The molecule has 0 saturated heterocycles. The van der Waals surface area contributed by atoms with Gasteiger partial charge in [-0.25, -0.2) is 0 Å². The van der Waals surface area contributed by atoms with Crippen LogP contribution in [0.1, 0.15) is 32.1 Å². The van der Waals surface area contributed by atoms with Gasteiger partial charge in [0.25, 0.3) is 0 Å². The van der Waals surface area contributed by atoms with Crippen LogP contribution >= 0.6 is 0 Å². The molecule has 1 aromatic carbocycles. The van der Waals surface area contributed by atoms with Crippen LogP contribution in [0.2, 0.25) is 0 Å². The van der Waals surface area contributed by atoms with E-state index in [1.54, 1.807) is 25.3 Å². The van der Waals surface area contributed by atoms with Crippen molar-refractivity contribution in [2.75, 3.05) is 18.2 Å². The van der Waals surface area contributed by atoms with Gasteiger partial charge in [0.15, 0.2) is 0 Å². The number of carbonyl (C=O) groups is 1. The standard InChI is InChI=1S/C15H20N2O2/c1-19-12-7-8-13(16)14(10-12)17-15(18)9-11-5-3-2-4-6-11/h5,7-8,10H,2-4,6,9,16H2,1H3,(H,17,18). The molecule has 19 heavy (non-hydrogen) atoms. The quantitative estimate of drug-likeness (QED) is 0.646. The Bertz CT molecular complexity index is 495. The highest BCUT2D eigenvalue weighted by molar-refractivity contribution is 5.95. The second-order valence-corrected chi connectivity index (χ2v) is 4.79. The van der Waals surface area contributed by atoms with Gasteiger partial charge in [-0.1, -0.05) is 11.6 Å². The zero-order chi connectivity index (χ0) is 13.7. The number of carbonyl (C=O) groups excluding carboxylic acids is 1. The van der Waals surface area contributed by atoms with Gasteiger partial charge in [0, 0.05) is 12.5 Å². The molecule has 0 aromatic heterocycles. The second-order valence-electron chi connectivity index (χ2n) is 4.79. The third-order valence-electron chi connectivity index (χ3n) is 3.31. The normalized spacial score (nSPS) is 14.7. The summed E-state index contributed by atoms with van der Waals surface area (Å²) in [5, 5.41) is 2.85. The van der Waals surface area contributed by atoms with Gasteiger partial charge < -0.3 is 15.8 Å². The van der Waals surface area contributed by atoms with Crippen molar-refractivity contribution < 1.29 is 9.53 Å². The molecule has 0 heterocycles. The Balaban J connectivity index is 2.00. The predicted molar refractivity (Wildman–Crippen MR) is 77.2 cm³/mol. The average Bonchev–Trinajstić information content (AvgIpc) is 2.42. The number of nitrogens with one attached hydrogen (secondary N) is 1. The number of hydrogen-bond acceptors (Lipinski definition) is 3. The van der Waals surface area contributed by atoms with Crippen LogP contribution < -0.4 is 15.8 Å². The number of hydrogen-bond donors (Lipinski definition) is 2. The Morgan fingerprint density at radius 1 is 1.42 bits per heavy atom. The number of methoxy groups -OCH3 is 1. The van der Waals surface area contributed by atoms with Crippen molar-refractivity contribution in [3.05, 3.63) is 29.8 Å². The topological polar surface area (TPSA) is 64.3 Å². The van der Waals surface area contributed by atoms with E-state index in [1.807, 2.05) is 0 Å². The third-order valence-corrected chi connectivity index (χ3v) is 3.31. The van der Waals surface area contributed by atoms with Crippen molar-refractivity contribution in [2.24, 2.45) is 0 Å². The Labute approximate surface area is 113 Å². The molecule has 0 unspecified atom stereocenters. The molecule has 0 saturated carbocycles. The maximum absolute atomic E-state index is 12.0. The maximum Gasteiger partial charge on any atom is 0.228 e. The van der Waals surface area contributed by atoms with E-state index >= 15 is 0 Å². The number of ether oxygens (including phenoxy) is 1. The summed E-state index contributed by atoms with van der Waals surface area (Å²) in [5.74, 6) is 0.662. The van der Waals surface area contributed by atoms with Crippen molar-refractivity contribution in [2.45, 2.75) is 32.1 Å². The fourth-order valence-corrected chi connectivity index (χ4v) is 2.24. The lowest BCUT2D eigenvalue weighted by Gasteiger charge is -2.13. The van der Waals surface area contributed by atoms with E-state index in [0.29, 0.717) is 23.5 Å². The monoisotopic (exact) mass is 260 g/mol. The van der Waals surface area contributed by atoms with Gasteiger partial charge in [-0.3, -0.25) is 4.79 Å². The van der Waals surface area contributed by atoms with Crippen molar-refractivity contribution in [1.29, 1.82) is 0 Å². The molecule has 1 aliphatic rings. The molecule has 0 bridgehead atoms. The number of benzene rings is 1. The molecule has 3 N–H and O–H groups in total. The van der Waals surface area contributed by atoms with E-state index in [2.05, 4.69) is 11.4 Å². The Hall–Kier alpha value is -1.97. The molecule has 0 radical (unpaired) electrons. The van der Waals surface area contributed by atoms with Gasteiger partial charge >= 0.3 is 0 Å². The lowest BCUT2D eigenvalue weighted by molar-refractivity contribution is -0.115. The van der Waals surface area contributed by atoms with Crippen molar-refractivity contribution >= 4 is 17.3 Å². The minimum absolute atomic E-state index is 0.0203. The Kier molecular flexibility index (Phi) is 4.44. The number of amides is 1. The number of nitrogens with two attached hydrogens (primary N) is 1. The summed E-state index contributed by atoms with van der Waals surface area (Å²) in [7, 11) is 1.59. The number of anilines is 2. The van der Waals surface area contributed by atoms with E-state index in [0.717, 1.165) is 12.8 Å². The number of rotatable bonds is 4. The summed E-state index contributed by atoms with van der Waals surface area (Å²) in [6, 6.07) is 5.24. The molecule has 1 amide bonds. The zero-order valence-electron chi connectivity index (χ0n) is 11.2. The smallest absolute Gasteiger partial charge is 0.228 e. The van der Waals surface area contributed by atoms with E-state index in [9.17, 15) is 4.79 Å². The number of nitrogen functional groups attached to an aromatic ring is 1. The molecule has 0 aliphatic heterocycles. The van der Waals surface area contributed by atoms with Crippen LogP contribution in [0.4, 0.5) is 11.4 Å². The van der Waals surface area contributed by atoms with Gasteiger partial charge in [-0.15, -0.1) is 0 Å². The van der Waals surface area contributed by atoms with Gasteiger partial charge in [0.05, 0.1) is 18.5 Å². The lowest BCUT2D eigenvalue weighted by atomic mass is 9.97. The first kappa shape index (κ1) is 13.5. The Morgan fingerprint density at radius 2 is 2.26 bits per heavy atom. The second kappa shape index (κ2) is 6.27. The van der Waals surface area contributed by atoms with Crippen LogP contribution in [0.15, 0.2) is 29.8 Å². The summed E-state index contributed by atoms with van der Waals surface area (Å²) in [4.78, 5) is 12.0. The first-order chi connectivity index (χ1) is 9.19. The fraction of sp³-hybridized carbons (Fsp3) is 0.400. The summed E-state index contributed by atoms with van der Waals surface area (Å²) in [6.07, 6.45) is 7.16. The van der Waals surface area contributed by atoms with Gasteiger partial charge in [0.1, 0.15) is 5.75 Å². The van der Waals surface area contributed by atoms with Crippen LogP contribution in [-0.4, -0.2) is 13.0 Å². The first-order valence-corrected chi connectivity index (χ1v) is 6.60. The maximum atomic E-state index is 12.0. The van der Waals surface area contributed by atoms with E-state index < -0.39 is 0 Å². The molecule has 0 spiro atoms. The minimum Gasteiger partial charge on any atom is -0.497 e. The molecule has 2 rings (SSSR count). The van der Waals surface area contributed by atoms with Gasteiger partial charge in [0.2, 0.25) is 5.91 Å². The van der Waals surface area contributed by atoms with E-state index in [-0.39, 0.29) is 5.91 Å². The molecule has 0 fully saturated rings. The first-order valence-electron chi connectivity index (χ1n) is 6.60. The largest absolute Gasteiger partial charge is 0.497 e. The molecule has 1 aromatic rings. The van der Waals surface area contributed by atoms with Crippen LogP contribution in [-0.2, 0) is 4.79 Å². The van der Waals surface area contributed by atoms with Crippen molar-refractivity contribution in [1.82, 2.24) is 0 Å². The van der Waals surface area contributed by atoms with Crippen molar-refractivity contribution in [3.8, 4) is 5.75 Å². The highest BCUT2D eigenvalue weighted by Gasteiger charge is 2.11. The molecule has 4 nitrogen and oxygen atoms in total. The molecule has 0 atom stereocenters. The summed E-state index contributed by atoms with van der Waals surface area (Å²) >= 11 is 0. The molecule has 102 valence electrons.